The zero-order chi connectivity index (χ0) is 17.0. The van der Waals surface area contributed by atoms with Gasteiger partial charge in [0.05, 0.1) is 0 Å². The van der Waals surface area contributed by atoms with E-state index in [1.54, 1.807) is 0 Å². The molecule has 0 bridgehead atoms. The molecule has 1 nitrogen and oxygen atoms in total. The highest BCUT2D eigenvalue weighted by molar-refractivity contribution is 5.63. The van der Waals surface area contributed by atoms with E-state index in [9.17, 15) is 0 Å². The lowest BCUT2D eigenvalue weighted by Crippen LogP contribution is -2.31. The second-order valence-corrected chi connectivity index (χ2v) is 7.22. The molecular weight excluding hydrogens is 278 g/mol. The summed E-state index contributed by atoms with van der Waals surface area (Å²) in [5.41, 5.74) is 6.97. The maximum Gasteiger partial charge on any atom is 0.212 e. The Morgan fingerprint density at radius 1 is 1.00 bits per heavy atom. The summed E-state index contributed by atoms with van der Waals surface area (Å²) in [6, 6.07) is 11.6. The normalized spacial score (nSPS) is 11.5. The average molecular weight is 311 g/mol. The van der Waals surface area contributed by atoms with Crippen molar-refractivity contribution in [3.63, 3.8) is 0 Å². The number of aromatic nitrogens is 1. The van der Waals surface area contributed by atoms with E-state index in [1.807, 2.05) is 0 Å². The molecule has 1 aromatic heterocycles. The minimum atomic E-state index is 0.665. The van der Waals surface area contributed by atoms with Gasteiger partial charge >= 0.3 is 0 Å². The van der Waals surface area contributed by atoms with E-state index in [0.717, 1.165) is 6.42 Å². The molecule has 0 radical (unpaired) electrons. The van der Waals surface area contributed by atoms with Gasteiger partial charge in [-0.05, 0) is 60.8 Å². The highest BCUT2D eigenvalue weighted by atomic mass is 14.9. The molecule has 1 heterocycles. The molecule has 1 heteroatoms. The maximum absolute atomic E-state index is 2.42. The van der Waals surface area contributed by atoms with Gasteiger partial charge in [-0.2, -0.15) is 0 Å². The quantitative estimate of drug-likeness (QED) is 0.612. The first kappa shape index (κ1) is 17.7. The molecule has 0 spiro atoms. The van der Waals surface area contributed by atoms with E-state index in [0.29, 0.717) is 11.8 Å². The summed E-state index contributed by atoms with van der Waals surface area (Å²) in [6.07, 6.45) is 5.76. The lowest BCUT2D eigenvalue weighted by molar-refractivity contribution is -0.660. The molecule has 0 unspecified atom stereocenters. The van der Waals surface area contributed by atoms with Crippen molar-refractivity contribution in [1.82, 2.24) is 0 Å². The van der Waals surface area contributed by atoms with Gasteiger partial charge in [0.15, 0.2) is 6.20 Å². The van der Waals surface area contributed by atoms with Crippen LogP contribution in [-0.4, -0.2) is 0 Å². The molecule has 0 N–H and O–H groups in total. The van der Waals surface area contributed by atoms with Crippen molar-refractivity contribution in [1.29, 1.82) is 0 Å². The Bertz CT molecular complexity index is 651. The van der Waals surface area contributed by atoms with Crippen molar-refractivity contribution in [2.24, 2.45) is 13.0 Å². The summed E-state index contributed by atoms with van der Waals surface area (Å²) >= 11 is 0. The smallest absolute Gasteiger partial charge is 0.201 e. The zero-order valence-electron chi connectivity index (χ0n) is 15.7. The van der Waals surface area contributed by atoms with Crippen LogP contribution in [0.1, 0.15) is 63.1 Å². The van der Waals surface area contributed by atoms with E-state index in [-0.39, 0.29) is 0 Å². The molecule has 0 amide bonds. The van der Waals surface area contributed by atoms with Gasteiger partial charge in [0.1, 0.15) is 7.05 Å². The van der Waals surface area contributed by atoms with E-state index < -0.39 is 0 Å². The predicted molar refractivity (Wildman–Crippen MR) is 99.7 cm³/mol. The minimum Gasteiger partial charge on any atom is -0.201 e. The van der Waals surface area contributed by atoms with Crippen LogP contribution in [0, 0.1) is 12.8 Å². The Balaban J connectivity index is 2.50. The molecule has 2 rings (SSSR count). The highest BCUT2D eigenvalue weighted by Gasteiger charge is 2.16. The largest absolute Gasteiger partial charge is 0.212 e. The summed E-state index contributed by atoms with van der Waals surface area (Å²) in [7, 11) is 2.15. The molecule has 0 atom stereocenters. The molecule has 124 valence electrons. The van der Waals surface area contributed by atoms with Crippen LogP contribution >= 0.6 is 0 Å². The Labute approximate surface area is 142 Å². The van der Waals surface area contributed by atoms with E-state index in [2.05, 4.69) is 82.8 Å². The highest BCUT2D eigenvalue weighted by Crippen LogP contribution is 2.29. The summed E-state index contributed by atoms with van der Waals surface area (Å²) in [5, 5.41) is 0. The van der Waals surface area contributed by atoms with Gasteiger partial charge in [0, 0.05) is 17.7 Å². The molecule has 0 fully saturated rings. The van der Waals surface area contributed by atoms with Crippen molar-refractivity contribution in [2.45, 2.75) is 59.8 Å². The fourth-order valence-electron chi connectivity index (χ4n) is 3.41. The first-order chi connectivity index (χ1) is 11.0. The molecule has 2 aromatic rings. The van der Waals surface area contributed by atoms with Crippen LogP contribution in [-0.2, 0) is 13.5 Å². The third-order valence-electron chi connectivity index (χ3n) is 4.85. The van der Waals surface area contributed by atoms with Crippen LogP contribution in [0.15, 0.2) is 36.5 Å². The second kappa shape index (κ2) is 7.77. The van der Waals surface area contributed by atoms with Gasteiger partial charge in [-0.1, -0.05) is 39.8 Å². The number of nitrogens with zero attached hydrogens (tertiary/aromatic N) is 1. The standard InChI is InChI=1S/C22H32N/c1-7-19(8-2)20-10-9-17(5)21(15-20)22-14-18(13-16(3)4)11-12-23(22)6/h9-12,14-16,19H,7-8,13H2,1-6H3/q+1. The summed E-state index contributed by atoms with van der Waals surface area (Å²) in [6.45, 7) is 11.4. The van der Waals surface area contributed by atoms with Gasteiger partial charge in [-0.15, -0.1) is 0 Å². The van der Waals surface area contributed by atoms with Gasteiger partial charge < -0.3 is 0 Å². The zero-order valence-corrected chi connectivity index (χ0v) is 15.7. The van der Waals surface area contributed by atoms with Gasteiger partial charge in [-0.3, -0.25) is 0 Å². The molecule has 0 saturated carbocycles. The van der Waals surface area contributed by atoms with Crippen LogP contribution < -0.4 is 4.57 Å². The molecule has 0 aliphatic heterocycles. The minimum absolute atomic E-state index is 0.665. The third-order valence-corrected chi connectivity index (χ3v) is 4.85. The number of hydrogen-bond donors (Lipinski definition) is 0. The molecule has 0 saturated heterocycles. The lowest BCUT2D eigenvalue weighted by Gasteiger charge is -2.15. The Hall–Kier alpha value is -1.63. The molecular formula is C22H32N+. The van der Waals surface area contributed by atoms with Crippen LogP contribution in [0.4, 0.5) is 0 Å². The van der Waals surface area contributed by atoms with Crippen molar-refractivity contribution in [2.75, 3.05) is 0 Å². The first-order valence-corrected chi connectivity index (χ1v) is 9.05. The third kappa shape index (κ3) is 4.22. The van der Waals surface area contributed by atoms with Crippen LogP contribution in [0.2, 0.25) is 0 Å². The Morgan fingerprint density at radius 2 is 1.70 bits per heavy atom. The number of pyridine rings is 1. The molecule has 0 aliphatic carbocycles. The van der Waals surface area contributed by atoms with Crippen LogP contribution in [0.3, 0.4) is 0 Å². The fourth-order valence-corrected chi connectivity index (χ4v) is 3.41. The Kier molecular flexibility index (Phi) is 5.98. The van der Waals surface area contributed by atoms with E-state index >= 15 is 0 Å². The van der Waals surface area contributed by atoms with E-state index in [4.69, 9.17) is 0 Å². The summed E-state index contributed by atoms with van der Waals surface area (Å²) in [4.78, 5) is 0. The first-order valence-electron chi connectivity index (χ1n) is 9.05. The summed E-state index contributed by atoms with van der Waals surface area (Å²) < 4.78 is 2.25. The Morgan fingerprint density at radius 3 is 2.30 bits per heavy atom. The van der Waals surface area contributed by atoms with Crippen LogP contribution in [0.25, 0.3) is 11.3 Å². The number of aryl methyl sites for hydroxylation is 2. The average Bonchev–Trinajstić information content (AvgIpc) is 2.51. The summed E-state index contributed by atoms with van der Waals surface area (Å²) in [5.74, 6) is 1.35. The molecule has 0 aliphatic rings. The van der Waals surface area contributed by atoms with Crippen molar-refractivity contribution < 1.29 is 4.57 Å². The van der Waals surface area contributed by atoms with Crippen LogP contribution in [0.5, 0.6) is 0 Å². The monoisotopic (exact) mass is 310 g/mol. The molecule has 1 aromatic carbocycles. The predicted octanol–water partition coefficient (Wildman–Crippen LogP) is 5.59. The van der Waals surface area contributed by atoms with Crippen molar-refractivity contribution in [3.8, 4) is 11.3 Å². The number of rotatable bonds is 6. The number of hydrogen-bond acceptors (Lipinski definition) is 0. The van der Waals surface area contributed by atoms with Crippen molar-refractivity contribution >= 4 is 0 Å². The fraction of sp³-hybridized carbons (Fsp3) is 0.500. The van der Waals surface area contributed by atoms with Gasteiger partial charge in [0.2, 0.25) is 5.69 Å². The van der Waals surface area contributed by atoms with Gasteiger partial charge in [-0.25, -0.2) is 4.57 Å². The SMILES string of the molecule is CCC(CC)c1ccc(C)c(-c2cc(CC(C)C)cc[n+]2C)c1. The van der Waals surface area contributed by atoms with Crippen molar-refractivity contribution in [3.05, 3.63) is 53.2 Å². The van der Waals surface area contributed by atoms with Gasteiger partial charge in [0.25, 0.3) is 0 Å². The maximum atomic E-state index is 2.42. The molecule has 23 heavy (non-hydrogen) atoms. The lowest BCUT2D eigenvalue weighted by atomic mass is 9.90. The second-order valence-electron chi connectivity index (χ2n) is 7.22. The number of benzene rings is 1. The topological polar surface area (TPSA) is 3.88 Å². The van der Waals surface area contributed by atoms with E-state index in [1.165, 1.54) is 40.8 Å².